The van der Waals surface area contributed by atoms with E-state index >= 15 is 0 Å². The second kappa shape index (κ2) is 8.01. The van der Waals surface area contributed by atoms with Gasteiger partial charge in [-0.3, -0.25) is 9.59 Å². The maximum absolute atomic E-state index is 12.1. The summed E-state index contributed by atoms with van der Waals surface area (Å²) in [4.78, 5) is 25.7. The molecule has 2 amide bonds. The molecule has 0 aliphatic carbocycles. The van der Waals surface area contributed by atoms with Crippen LogP contribution in [0, 0.1) is 0 Å². The lowest BCUT2D eigenvalue weighted by molar-refractivity contribution is -0.141. The van der Waals surface area contributed by atoms with Gasteiger partial charge in [0, 0.05) is 13.1 Å². The highest BCUT2D eigenvalue weighted by Gasteiger charge is 2.36. The normalized spacial score (nSPS) is 21.4. The molecule has 20 heavy (non-hydrogen) atoms. The average molecular weight is 283 g/mol. The molecule has 4 N–H and O–H groups in total. The lowest BCUT2D eigenvalue weighted by Crippen LogP contribution is -2.54. The van der Waals surface area contributed by atoms with Crippen molar-refractivity contribution < 1.29 is 14.7 Å². The number of hydrogen-bond acceptors (Lipinski definition) is 4. The Morgan fingerprint density at radius 1 is 1.60 bits per heavy atom. The predicted octanol–water partition coefficient (Wildman–Crippen LogP) is -0.232. The van der Waals surface area contributed by atoms with Crippen LogP contribution in [0.25, 0.3) is 0 Å². The van der Waals surface area contributed by atoms with E-state index in [1.54, 1.807) is 6.08 Å². The smallest absolute Gasteiger partial charge is 0.242 e. The highest BCUT2D eigenvalue weighted by atomic mass is 16.3. The third-order valence-corrected chi connectivity index (χ3v) is 3.53. The lowest BCUT2D eigenvalue weighted by atomic mass is 10.1. The van der Waals surface area contributed by atoms with Gasteiger partial charge in [0.05, 0.1) is 6.10 Å². The Labute approximate surface area is 120 Å². The number of nitrogens with two attached hydrogens (primary N) is 1. The number of aliphatic hydroxyl groups is 1. The molecule has 1 fully saturated rings. The molecule has 3 atom stereocenters. The van der Waals surface area contributed by atoms with E-state index in [-0.39, 0.29) is 11.8 Å². The standard InChI is InChI=1S/C14H25N3O3/c1-3-4-5-8-16-13(19)11-7-6-9-17(11)14(20)12(15)10(2)18/h3,10-12,18H,1,4-9,15H2,2H3,(H,16,19)/t10?,11-,12?/m0/s1. The molecule has 1 aliphatic heterocycles. The second-order valence-electron chi connectivity index (χ2n) is 5.18. The van der Waals surface area contributed by atoms with Gasteiger partial charge in [-0.1, -0.05) is 6.08 Å². The molecule has 6 heteroatoms. The highest BCUT2D eigenvalue weighted by molar-refractivity contribution is 5.90. The van der Waals surface area contributed by atoms with Crippen molar-refractivity contribution in [3.63, 3.8) is 0 Å². The first-order valence-electron chi connectivity index (χ1n) is 7.11. The van der Waals surface area contributed by atoms with E-state index in [4.69, 9.17) is 5.73 Å². The largest absolute Gasteiger partial charge is 0.391 e. The molecule has 0 radical (unpaired) electrons. The quantitative estimate of drug-likeness (QED) is 0.444. The van der Waals surface area contributed by atoms with Gasteiger partial charge < -0.3 is 21.1 Å². The molecule has 0 saturated carbocycles. The summed E-state index contributed by atoms with van der Waals surface area (Å²) in [6.45, 7) is 6.19. The molecule has 6 nitrogen and oxygen atoms in total. The van der Waals surface area contributed by atoms with E-state index in [0.29, 0.717) is 19.5 Å². The van der Waals surface area contributed by atoms with Crippen molar-refractivity contribution in [2.45, 2.75) is 50.8 Å². The zero-order valence-electron chi connectivity index (χ0n) is 12.0. The van der Waals surface area contributed by atoms with Gasteiger partial charge in [-0.15, -0.1) is 6.58 Å². The monoisotopic (exact) mass is 283 g/mol. The van der Waals surface area contributed by atoms with Gasteiger partial charge in [0.25, 0.3) is 0 Å². The minimum Gasteiger partial charge on any atom is -0.391 e. The highest BCUT2D eigenvalue weighted by Crippen LogP contribution is 2.18. The number of rotatable bonds is 7. The van der Waals surface area contributed by atoms with E-state index in [2.05, 4.69) is 11.9 Å². The van der Waals surface area contributed by atoms with Crippen LogP contribution in [-0.2, 0) is 9.59 Å². The number of allylic oxidation sites excluding steroid dienone is 1. The molecule has 0 aromatic carbocycles. The first-order chi connectivity index (χ1) is 9.49. The SMILES string of the molecule is C=CCCCNC(=O)[C@@H]1CCCN1C(=O)C(N)C(C)O. The molecule has 0 spiro atoms. The summed E-state index contributed by atoms with van der Waals surface area (Å²) in [5, 5.41) is 12.2. The second-order valence-corrected chi connectivity index (χ2v) is 5.18. The van der Waals surface area contributed by atoms with Crippen molar-refractivity contribution in [3.8, 4) is 0 Å². The van der Waals surface area contributed by atoms with Gasteiger partial charge in [0.2, 0.25) is 11.8 Å². The van der Waals surface area contributed by atoms with Crippen LogP contribution in [-0.4, -0.2) is 53.1 Å². The van der Waals surface area contributed by atoms with E-state index < -0.39 is 18.2 Å². The van der Waals surface area contributed by atoms with Crippen molar-refractivity contribution in [1.82, 2.24) is 10.2 Å². The predicted molar refractivity (Wildman–Crippen MR) is 76.8 cm³/mol. The lowest BCUT2D eigenvalue weighted by Gasteiger charge is -2.27. The van der Waals surface area contributed by atoms with Crippen molar-refractivity contribution in [3.05, 3.63) is 12.7 Å². The van der Waals surface area contributed by atoms with Crippen molar-refractivity contribution in [1.29, 1.82) is 0 Å². The molecular weight excluding hydrogens is 258 g/mol. The Hall–Kier alpha value is -1.40. The van der Waals surface area contributed by atoms with Gasteiger partial charge in [-0.05, 0) is 32.6 Å². The minimum atomic E-state index is -0.968. The summed E-state index contributed by atoms with van der Waals surface area (Å²) < 4.78 is 0. The average Bonchev–Trinajstić information content (AvgIpc) is 2.90. The number of amides is 2. The van der Waals surface area contributed by atoms with E-state index in [1.165, 1.54) is 11.8 Å². The third kappa shape index (κ3) is 4.31. The van der Waals surface area contributed by atoms with Crippen molar-refractivity contribution in [2.24, 2.45) is 5.73 Å². The molecule has 114 valence electrons. The van der Waals surface area contributed by atoms with Crippen LogP contribution >= 0.6 is 0 Å². The summed E-state index contributed by atoms with van der Waals surface area (Å²) in [5.41, 5.74) is 5.66. The zero-order chi connectivity index (χ0) is 15.1. The fraction of sp³-hybridized carbons (Fsp3) is 0.714. The number of likely N-dealkylation sites (tertiary alicyclic amines) is 1. The van der Waals surface area contributed by atoms with E-state index in [0.717, 1.165) is 19.3 Å². The molecule has 1 aliphatic rings. The Kier molecular flexibility index (Phi) is 6.67. The number of hydrogen-bond donors (Lipinski definition) is 3. The number of nitrogens with one attached hydrogen (secondary N) is 1. The fourth-order valence-electron chi connectivity index (χ4n) is 2.28. The van der Waals surface area contributed by atoms with Gasteiger partial charge in [0.15, 0.2) is 0 Å². The summed E-state index contributed by atoms with van der Waals surface area (Å²) in [5.74, 6) is -0.499. The Balaban J connectivity index is 2.53. The topological polar surface area (TPSA) is 95.7 Å². The first-order valence-corrected chi connectivity index (χ1v) is 7.11. The Morgan fingerprint density at radius 2 is 2.30 bits per heavy atom. The van der Waals surface area contributed by atoms with E-state index in [1.807, 2.05) is 0 Å². The molecule has 1 rings (SSSR count). The summed E-state index contributed by atoms with van der Waals surface area (Å²) >= 11 is 0. The van der Waals surface area contributed by atoms with Gasteiger partial charge in [-0.25, -0.2) is 0 Å². The summed E-state index contributed by atoms with van der Waals surface area (Å²) in [7, 11) is 0. The maximum atomic E-state index is 12.1. The van der Waals surface area contributed by atoms with Crippen molar-refractivity contribution >= 4 is 11.8 Å². The zero-order valence-corrected chi connectivity index (χ0v) is 12.0. The number of unbranched alkanes of at least 4 members (excludes halogenated alkanes) is 1. The number of nitrogens with zero attached hydrogens (tertiary/aromatic N) is 1. The first kappa shape index (κ1) is 16.7. The van der Waals surface area contributed by atoms with Crippen LogP contribution in [0.4, 0.5) is 0 Å². The number of aliphatic hydroxyl groups excluding tert-OH is 1. The van der Waals surface area contributed by atoms with Gasteiger partial charge >= 0.3 is 0 Å². The van der Waals surface area contributed by atoms with Crippen LogP contribution < -0.4 is 11.1 Å². The summed E-state index contributed by atoms with van der Waals surface area (Å²) in [6.07, 6.45) is 4.00. The van der Waals surface area contributed by atoms with Gasteiger partial charge in [0.1, 0.15) is 12.1 Å². The number of carbonyl (C=O) groups excluding carboxylic acids is 2. The minimum absolute atomic E-state index is 0.141. The number of carbonyl (C=O) groups is 2. The molecule has 0 bridgehead atoms. The molecule has 0 aromatic heterocycles. The molecule has 0 aromatic rings. The van der Waals surface area contributed by atoms with Crippen LogP contribution in [0.15, 0.2) is 12.7 Å². The van der Waals surface area contributed by atoms with Crippen LogP contribution in [0.5, 0.6) is 0 Å². The summed E-state index contributed by atoms with van der Waals surface area (Å²) in [6, 6.07) is -1.43. The van der Waals surface area contributed by atoms with Crippen molar-refractivity contribution in [2.75, 3.05) is 13.1 Å². The molecule has 2 unspecified atom stereocenters. The third-order valence-electron chi connectivity index (χ3n) is 3.53. The van der Waals surface area contributed by atoms with Gasteiger partial charge in [-0.2, -0.15) is 0 Å². The maximum Gasteiger partial charge on any atom is 0.242 e. The molecule has 1 saturated heterocycles. The Bertz CT molecular complexity index is 358. The van der Waals surface area contributed by atoms with E-state index in [9.17, 15) is 14.7 Å². The van der Waals surface area contributed by atoms with Crippen LogP contribution in [0.2, 0.25) is 0 Å². The molecule has 1 heterocycles. The van der Waals surface area contributed by atoms with Crippen LogP contribution in [0.1, 0.15) is 32.6 Å². The molecular formula is C14H25N3O3. The van der Waals surface area contributed by atoms with Crippen LogP contribution in [0.3, 0.4) is 0 Å². The fourth-order valence-corrected chi connectivity index (χ4v) is 2.28. The Morgan fingerprint density at radius 3 is 2.90 bits per heavy atom.